The number of hydrogen-bond donors (Lipinski definition) is 0. The number of carbonyl (C=O) groups excluding carboxylic acids is 3. The number of carbonyl (C=O) groups is 3. The van der Waals surface area contributed by atoms with E-state index in [9.17, 15) is 14.4 Å². The predicted molar refractivity (Wildman–Crippen MR) is 103 cm³/mol. The van der Waals surface area contributed by atoms with Crippen LogP contribution in [0.3, 0.4) is 0 Å². The number of ketones is 1. The summed E-state index contributed by atoms with van der Waals surface area (Å²) in [7, 11) is 1.82. The average molecular weight is 540 g/mol. The minimum absolute atomic E-state index is 0. The fraction of sp³-hybridized carbons (Fsp3) is 0.381. The zero-order valence-corrected chi connectivity index (χ0v) is 18.2. The van der Waals surface area contributed by atoms with Crippen LogP contribution in [0.1, 0.15) is 31.9 Å². The van der Waals surface area contributed by atoms with Crippen molar-refractivity contribution in [3.63, 3.8) is 0 Å². The summed E-state index contributed by atoms with van der Waals surface area (Å²) >= 11 is 0. The van der Waals surface area contributed by atoms with Gasteiger partial charge >= 0.3 is 21.1 Å². The van der Waals surface area contributed by atoms with E-state index in [4.69, 9.17) is 0 Å². The van der Waals surface area contributed by atoms with Crippen molar-refractivity contribution in [3.8, 4) is 0 Å². The van der Waals surface area contributed by atoms with E-state index in [1.165, 1.54) is 30.6 Å². The molecule has 1 fully saturated rings. The second-order valence-corrected chi connectivity index (χ2v) is 6.54. The summed E-state index contributed by atoms with van der Waals surface area (Å²) < 4.78 is 0. The standard InChI is InChI=1S/C10H11N2O3.C10H13.CH4.W/c1-7(13)10(5-11(2)6-10)12-8(14)3-4-9(12)15;1-3-4-10-7-5-9(2)6-8-10;;/h3-4H,1,5-6H2,2H3;5-8H,2-4H2,1H3;1H4;/q2*-1;;+2. The van der Waals surface area contributed by atoms with E-state index in [1.54, 1.807) is 0 Å². The van der Waals surface area contributed by atoms with Gasteiger partial charge in [-0.1, -0.05) is 26.3 Å². The molecule has 146 valence electrons. The maximum Gasteiger partial charge on any atom is 2.00 e. The fourth-order valence-corrected chi connectivity index (χ4v) is 3.11. The van der Waals surface area contributed by atoms with Crippen LogP contribution in [0.15, 0.2) is 36.4 Å². The summed E-state index contributed by atoms with van der Waals surface area (Å²) in [6, 6.07) is 8.41. The van der Waals surface area contributed by atoms with Gasteiger partial charge in [-0.05, 0) is 13.5 Å². The van der Waals surface area contributed by atoms with Crippen LogP contribution in [0.25, 0.3) is 0 Å². The van der Waals surface area contributed by atoms with Gasteiger partial charge in [-0.3, -0.25) is 14.5 Å². The van der Waals surface area contributed by atoms with Crippen LogP contribution >= 0.6 is 0 Å². The Kier molecular flexibility index (Phi) is 9.77. The Morgan fingerprint density at radius 3 is 1.96 bits per heavy atom. The molecule has 0 saturated carbocycles. The minimum Gasteiger partial charge on any atom is -0.337 e. The first-order valence-electron chi connectivity index (χ1n) is 8.32. The molecule has 27 heavy (non-hydrogen) atoms. The van der Waals surface area contributed by atoms with Gasteiger partial charge in [0.1, 0.15) is 5.54 Å². The molecule has 2 amide bonds. The van der Waals surface area contributed by atoms with Crippen molar-refractivity contribution in [3.05, 3.63) is 61.4 Å². The van der Waals surface area contributed by atoms with E-state index in [2.05, 4.69) is 45.0 Å². The zero-order valence-electron chi connectivity index (χ0n) is 15.2. The maximum absolute atomic E-state index is 11.5. The van der Waals surface area contributed by atoms with Crippen LogP contribution in [0.4, 0.5) is 0 Å². The molecule has 0 bridgehead atoms. The maximum atomic E-state index is 11.5. The normalized spacial score (nSPS) is 17.2. The molecule has 2 aliphatic heterocycles. The van der Waals surface area contributed by atoms with Crippen molar-refractivity contribution in [1.29, 1.82) is 0 Å². The van der Waals surface area contributed by atoms with Gasteiger partial charge in [-0.15, -0.1) is 12.1 Å². The van der Waals surface area contributed by atoms with E-state index >= 15 is 0 Å². The van der Waals surface area contributed by atoms with Gasteiger partial charge in [0.05, 0.1) is 0 Å². The van der Waals surface area contributed by atoms with Crippen LogP contribution in [-0.2, 0) is 41.9 Å². The SMILES string of the molecule is C.[CH2-]C(=O)C1(N2C(=O)C=CC2=O)CN(C)C1.[CH2-]c1ccc(CCC)cc1.[W+2]. The van der Waals surface area contributed by atoms with Crippen molar-refractivity contribution in [1.82, 2.24) is 9.80 Å². The average Bonchev–Trinajstić information content (AvgIpc) is 2.86. The van der Waals surface area contributed by atoms with Crippen molar-refractivity contribution in [2.24, 2.45) is 0 Å². The number of Topliss-reactive ketones (excluding diaryl/α,β-unsaturated/α-hetero) is 1. The van der Waals surface area contributed by atoms with Gasteiger partial charge in [-0.2, -0.15) is 24.6 Å². The third-order valence-corrected chi connectivity index (χ3v) is 4.38. The van der Waals surface area contributed by atoms with Gasteiger partial charge in [0.2, 0.25) is 0 Å². The molecule has 3 rings (SSSR count). The number of likely N-dealkylation sites (tertiary alicyclic amines) is 1. The summed E-state index contributed by atoms with van der Waals surface area (Å²) in [6.45, 7) is 10.1. The van der Waals surface area contributed by atoms with Crippen molar-refractivity contribution < 1.29 is 35.4 Å². The number of nitrogens with zero attached hydrogens (tertiary/aromatic N) is 2. The molecule has 6 heteroatoms. The van der Waals surface area contributed by atoms with Gasteiger partial charge in [0.25, 0.3) is 11.8 Å². The van der Waals surface area contributed by atoms with Crippen LogP contribution in [0, 0.1) is 13.8 Å². The Labute approximate surface area is 177 Å². The summed E-state index contributed by atoms with van der Waals surface area (Å²) in [5, 5.41) is 0. The Bertz CT molecular complexity index is 674. The molecular weight excluding hydrogens is 512 g/mol. The van der Waals surface area contributed by atoms with Crippen LogP contribution in [0.5, 0.6) is 0 Å². The molecule has 1 aromatic rings. The monoisotopic (exact) mass is 540 g/mol. The summed E-state index contributed by atoms with van der Waals surface area (Å²) in [6.07, 6.45) is 4.77. The number of likely N-dealkylation sites (N-methyl/N-ethyl adjacent to an activating group) is 1. The number of rotatable bonds is 4. The molecule has 0 spiro atoms. The van der Waals surface area contributed by atoms with Crippen molar-refractivity contribution >= 4 is 17.6 Å². The van der Waals surface area contributed by atoms with Crippen molar-refractivity contribution in [2.75, 3.05) is 20.1 Å². The van der Waals surface area contributed by atoms with Gasteiger partial charge in [0, 0.05) is 31.0 Å². The van der Waals surface area contributed by atoms with E-state index in [0.29, 0.717) is 13.1 Å². The molecule has 0 aromatic heterocycles. The Hall–Kier alpha value is -1.84. The molecule has 1 aromatic carbocycles. The van der Waals surface area contributed by atoms with Gasteiger partial charge < -0.3 is 16.6 Å². The first-order valence-corrected chi connectivity index (χ1v) is 8.32. The Morgan fingerprint density at radius 2 is 1.59 bits per heavy atom. The van der Waals surface area contributed by atoms with Gasteiger partial charge in [0.15, 0.2) is 0 Å². The largest absolute Gasteiger partial charge is 2.00 e. The number of aryl methyl sites for hydroxylation is 1. The van der Waals surface area contributed by atoms with E-state index in [1.807, 2.05) is 11.9 Å². The molecule has 2 aliphatic rings. The van der Waals surface area contributed by atoms with Crippen molar-refractivity contribution in [2.45, 2.75) is 32.7 Å². The quantitative estimate of drug-likeness (QED) is 0.435. The fourth-order valence-electron chi connectivity index (χ4n) is 3.11. The minimum atomic E-state index is -1.04. The number of benzene rings is 1. The number of amides is 2. The smallest absolute Gasteiger partial charge is 0.337 e. The second kappa shape index (κ2) is 10.5. The molecule has 2 heterocycles. The van der Waals surface area contributed by atoms with E-state index in [-0.39, 0.29) is 34.3 Å². The second-order valence-electron chi connectivity index (χ2n) is 6.54. The molecule has 0 radical (unpaired) electrons. The van der Waals surface area contributed by atoms with Crippen LogP contribution in [-0.4, -0.2) is 53.1 Å². The van der Waals surface area contributed by atoms with E-state index in [0.717, 1.165) is 10.5 Å². The number of hydrogen-bond acceptors (Lipinski definition) is 4. The zero-order chi connectivity index (χ0) is 18.6. The Balaban J connectivity index is 0.000000500. The topological polar surface area (TPSA) is 57.7 Å². The molecular formula is C21H28N2O3W. The molecule has 5 nitrogen and oxygen atoms in total. The Morgan fingerprint density at radius 1 is 1.11 bits per heavy atom. The summed E-state index contributed by atoms with van der Waals surface area (Å²) in [4.78, 5) is 37.2. The van der Waals surface area contributed by atoms with Gasteiger partial charge in [-0.25, -0.2) is 0 Å². The first-order chi connectivity index (χ1) is 11.8. The van der Waals surface area contributed by atoms with E-state index < -0.39 is 17.4 Å². The van der Waals surface area contributed by atoms with Crippen LogP contribution < -0.4 is 0 Å². The summed E-state index contributed by atoms with van der Waals surface area (Å²) in [5.74, 6) is -1.23. The molecule has 0 aliphatic carbocycles. The van der Waals surface area contributed by atoms with Crippen LogP contribution in [0.2, 0.25) is 0 Å². The molecule has 0 N–H and O–H groups in total. The predicted octanol–water partition coefficient (Wildman–Crippen LogP) is 2.45. The third-order valence-electron chi connectivity index (χ3n) is 4.38. The molecule has 0 atom stereocenters. The third kappa shape index (κ3) is 5.57. The first kappa shape index (κ1) is 25.2. The number of imide groups is 1. The molecule has 1 saturated heterocycles. The summed E-state index contributed by atoms with van der Waals surface area (Å²) in [5.41, 5.74) is 1.47. The molecule has 0 unspecified atom stereocenters.